The first-order valence-corrected chi connectivity index (χ1v) is 10.0. The second kappa shape index (κ2) is 7.89. The van der Waals surface area contributed by atoms with Gasteiger partial charge in [-0.15, -0.1) is 12.4 Å². The Bertz CT molecular complexity index is 1030. The Kier molecular flexibility index (Phi) is 5.46. The summed E-state index contributed by atoms with van der Waals surface area (Å²) in [6.07, 6.45) is 3.19. The van der Waals surface area contributed by atoms with Crippen molar-refractivity contribution in [3.8, 4) is 17.3 Å². The van der Waals surface area contributed by atoms with Gasteiger partial charge in [0.1, 0.15) is 0 Å². The lowest BCUT2D eigenvalue weighted by Crippen LogP contribution is -2.44. The van der Waals surface area contributed by atoms with Crippen LogP contribution in [0.4, 0.5) is 0 Å². The summed E-state index contributed by atoms with van der Waals surface area (Å²) >= 11 is 0. The Morgan fingerprint density at radius 3 is 2.86 bits per heavy atom. The molecular formula is C21H27ClN6O. The number of halogens is 1. The molecule has 0 amide bonds. The Hall–Kier alpha value is -2.22. The minimum Gasteiger partial charge on any atom is -0.332 e. The van der Waals surface area contributed by atoms with Crippen LogP contribution >= 0.6 is 12.4 Å². The summed E-state index contributed by atoms with van der Waals surface area (Å²) < 4.78 is 7.77. The molecule has 1 aliphatic heterocycles. The highest BCUT2D eigenvalue weighted by Gasteiger charge is 2.30. The highest BCUT2D eigenvalue weighted by Crippen LogP contribution is 2.34. The standard InChI is InChI=1S/C21H26N6O.ClH/c1-13-7-8-16(14(2)11-13)27-17-6-4-5-15(17)19(24-27)21-23-20(25-28-21)18-12-22-9-10-26(18)3;/h7-8,11,18,22H,4-6,9-10,12H2,1-3H3;1H. The normalized spacial score (nSPS) is 19.2. The minimum absolute atomic E-state index is 0. The van der Waals surface area contributed by atoms with Crippen molar-refractivity contribution in [1.29, 1.82) is 0 Å². The summed E-state index contributed by atoms with van der Waals surface area (Å²) in [6, 6.07) is 6.64. The van der Waals surface area contributed by atoms with E-state index in [0.717, 1.165) is 56.1 Å². The molecule has 1 aromatic carbocycles. The molecule has 8 heteroatoms. The third-order valence-corrected chi connectivity index (χ3v) is 5.96. The van der Waals surface area contributed by atoms with Crippen LogP contribution in [0.1, 0.15) is 40.7 Å². The zero-order valence-electron chi connectivity index (χ0n) is 17.1. The molecule has 3 heterocycles. The fourth-order valence-electron chi connectivity index (χ4n) is 4.41. The summed E-state index contributed by atoms with van der Waals surface area (Å²) in [5.74, 6) is 1.27. The van der Waals surface area contributed by atoms with Gasteiger partial charge in [0.25, 0.3) is 5.89 Å². The Morgan fingerprint density at radius 1 is 1.21 bits per heavy atom. The molecule has 29 heavy (non-hydrogen) atoms. The van der Waals surface area contributed by atoms with Crippen LogP contribution in [0.3, 0.4) is 0 Å². The SMILES string of the molecule is Cc1ccc(-n2nc(-c3nc(C4CNCCN4C)no3)c3c2CCC3)c(C)c1.Cl. The average Bonchev–Trinajstić information content (AvgIpc) is 3.39. The molecule has 0 radical (unpaired) electrons. The number of nitrogens with zero attached hydrogens (tertiary/aromatic N) is 5. The van der Waals surface area contributed by atoms with E-state index in [9.17, 15) is 0 Å². The van der Waals surface area contributed by atoms with Crippen LogP contribution < -0.4 is 5.32 Å². The number of aromatic nitrogens is 4. The van der Waals surface area contributed by atoms with E-state index in [2.05, 4.69) is 59.1 Å². The van der Waals surface area contributed by atoms with Crippen molar-refractivity contribution in [3.05, 3.63) is 46.4 Å². The summed E-state index contributed by atoms with van der Waals surface area (Å²) in [5.41, 5.74) is 6.99. The van der Waals surface area contributed by atoms with Crippen molar-refractivity contribution < 1.29 is 4.52 Å². The van der Waals surface area contributed by atoms with E-state index in [4.69, 9.17) is 14.6 Å². The van der Waals surface area contributed by atoms with Crippen LogP contribution in [0.25, 0.3) is 17.3 Å². The largest absolute Gasteiger partial charge is 0.332 e. The van der Waals surface area contributed by atoms with E-state index in [1.807, 2.05) is 0 Å². The topological polar surface area (TPSA) is 72.0 Å². The van der Waals surface area contributed by atoms with E-state index >= 15 is 0 Å². The molecule has 1 atom stereocenters. The van der Waals surface area contributed by atoms with Crippen LogP contribution in [0.2, 0.25) is 0 Å². The van der Waals surface area contributed by atoms with E-state index < -0.39 is 0 Å². The van der Waals surface area contributed by atoms with Crippen LogP contribution in [0, 0.1) is 13.8 Å². The molecule has 1 fully saturated rings. The van der Waals surface area contributed by atoms with Crippen molar-refractivity contribution >= 4 is 12.4 Å². The van der Waals surface area contributed by atoms with Gasteiger partial charge in [0.05, 0.1) is 11.7 Å². The van der Waals surface area contributed by atoms with Crippen LogP contribution in [-0.4, -0.2) is 51.5 Å². The maximum absolute atomic E-state index is 5.68. The Morgan fingerprint density at radius 2 is 2.07 bits per heavy atom. The third kappa shape index (κ3) is 3.47. The van der Waals surface area contributed by atoms with Gasteiger partial charge in [0, 0.05) is 30.9 Å². The molecule has 1 unspecified atom stereocenters. The zero-order valence-corrected chi connectivity index (χ0v) is 17.9. The number of likely N-dealkylation sites (N-methyl/N-ethyl adjacent to an activating group) is 1. The minimum atomic E-state index is 0. The predicted molar refractivity (Wildman–Crippen MR) is 114 cm³/mol. The lowest BCUT2D eigenvalue weighted by molar-refractivity contribution is 0.190. The van der Waals surface area contributed by atoms with Gasteiger partial charge in [-0.05, 0) is 51.8 Å². The first-order valence-electron chi connectivity index (χ1n) is 10.0. The molecule has 3 aromatic rings. The third-order valence-electron chi connectivity index (χ3n) is 5.96. The Balaban J connectivity index is 0.00000205. The van der Waals surface area contributed by atoms with Gasteiger partial charge >= 0.3 is 0 Å². The van der Waals surface area contributed by atoms with E-state index in [1.165, 1.54) is 22.4 Å². The number of nitrogens with one attached hydrogen (secondary N) is 1. The van der Waals surface area contributed by atoms with E-state index in [-0.39, 0.29) is 18.4 Å². The molecule has 7 nitrogen and oxygen atoms in total. The van der Waals surface area contributed by atoms with Gasteiger partial charge in [-0.1, -0.05) is 22.9 Å². The molecule has 0 spiro atoms. The number of fused-ring (bicyclic) bond motifs is 1. The van der Waals surface area contributed by atoms with Gasteiger partial charge in [-0.25, -0.2) is 4.68 Å². The molecular weight excluding hydrogens is 388 g/mol. The summed E-state index contributed by atoms with van der Waals surface area (Å²) in [4.78, 5) is 7.01. The zero-order chi connectivity index (χ0) is 19.3. The molecule has 5 rings (SSSR count). The molecule has 154 valence electrons. The van der Waals surface area contributed by atoms with Gasteiger partial charge in [-0.3, -0.25) is 4.90 Å². The monoisotopic (exact) mass is 414 g/mol. The van der Waals surface area contributed by atoms with Crippen molar-refractivity contribution in [2.75, 3.05) is 26.7 Å². The van der Waals surface area contributed by atoms with Crippen molar-refractivity contribution in [2.24, 2.45) is 0 Å². The number of piperazine rings is 1. The van der Waals surface area contributed by atoms with Crippen molar-refractivity contribution in [1.82, 2.24) is 30.1 Å². The maximum Gasteiger partial charge on any atom is 0.278 e. The second-order valence-electron chi connectivity index (χ2n) is 7.99. The molecule has 0 bridgehead atoms. The Labute approximate surface area is 176 Å². The first kappa shape index (κ1) is 20.1. The first-order chi connectivity index (χ1) is 13.6. The highest BCUT2D eigenvalue weighted by atomic mass is 35.5. The number of rotatable bonds is 3. The summed E-state index contributed by atoms with van der Waals surface area (Å²) in [5, 5.41) is 12.6. The van der Waals surface area contributed by atoms with Crippen LogP contribution in [0.15, 0.2) is 22.7 Å². The number of aryl methyl sites for hydroxylation is 2. The molecule has 2 aliphatic rings. The van der Waals surface area contributed by atoms with Crippen molar-refractivity contribution in [2.45, 2.75) is 39.2 Å². The number of hydrogen-bond donors (Lipinski definition) is 1. The smallest absolute Gasteiger partial charge is 0.278 e. The van der Waals surface area contributed by atoms with Crippen LogP contribution in [0.5, 0.6) is 0 Å². The fraction of sp³-hybridized carbons (Fsp3) is 0.476. The maximum atomic E-state index is 5.68. The average molecular weight is 415 g/mol. The number of hydrogen-bond acceptors (Lipinski definition) is 6. The summed E-state index contributed by atoms with van der Waals surface area (Å²) in [7, 11) is 2.11. The molecule has 1 aliphatic carbocycles. The molecule has 1 N–H and O–H groups in total. The van der Waals surface area contributed by atoms with Crippen LogP contribution in [-0.2, 0) is 12.8 Å². The predicted octanol–water partition coefficient (Wildman–Crippen LogP) is 3.03. The van der Waals surface area contributed by atoms with Gasteiger partial charge in [0.15, 0.2) is 11.5 Å². The van der Waals surface area contributed by atoms with Gasteiger partial charge in [0.2, 0.25) is 0 Å². The highest BCUT2D eigenvalue weighted by molar-refractivity contribution is 5.85. The lowest BCUT2D eigenvalue weighted by atomic mass is 10.1. The fourth-order valence-corrected chi connectivity index (χ4v) is 4.41. The van der Waals surface area contributed by atoms with E-state index in [0.29, 0.717) is 5.89 Å². The lowest BCUT2D eigenvalue weighted by Gasteiger charge is -2.30. The molecule has 2 aromatic heterocycles. The van der Waals surface area contributed by atoms with Crippen molar-refractivity contribution in [3.63, 3.8) is 0 Å². The van der Waals surface area contributed by atoms with Gasteiger partial charge in [-0.2, -0.15) is 10.1 Å². The molecule has 0 saturated carbocycles. The molecule has 1 saturated heterocycles. The summed E-state index contributed by atoms with van der Waals surface area (Å²) in [6.45, 7) is 7.07. The second-order valence-corrected chi connectivity index (χ2v) is 7.99. The number of benzene rings is 1. The van der Waals surface area contributed by atoms with Gasteiger partial charge < -0.3 is 9.84 Å². The van der Waals surface area contributed by atoms with E-state index in [1.54, 1.807) is 0 Å². The quantitative estimate of drug-likeness (QED) is 0.710.